The first-order valence-corrected chi connectivity index (χ1v) is 3.85. The molecule has 1 nitrogen and oxygen atoms in total. The number of hydrogen-bond donors (Lipinski definition) is 1. The molecule has 0 spiro atoms. The van der Waals surface area contributed by atoms with E-state index in [9.17, 15) is 13.2 Å². The molecule has 2 unspecified atom stereocenters. The molecule has 0 aromatic heterocycles. The third-order valence-electron chi connectivity index (χ3n) is 1.77. The molecule has 13 heavy (non-hydrogen) atoms. The molecule has 0 heterocycles. The third kappa shape index (κ3) is 2.45. The lowest BCUT2D eigenvalue weighted by Gasteiger charge is -2.15. The standard InChI is InChI=1S/C9H10F3N/c10-7(9(11)12)8(13)6-4-2-1-3-5-6/h1-5,7-9H,13H2. The Kier molecular flexibility index (Phi) is 3.31. The van der Waals surface area contributed by atoms with Crippen LogP contribution in [0.2, 0.25) is 0 Å². The molecular formula is C9H10F3N. The van der Waals surface area contributed by atoms with Gasteiger partial charge >= 0.3 is 0 Å². The summed E-state index contributed by atoms with van der Waals surface area (Å²) in [6, 6.07) is 6.78. The molecule has 0 amide bonds. The molecule has 72 valence electrons. The van der Waals surface area contributed by atoms with Crippen LogP contribution in [0.1, 0.15) is 11.6 Å². The molecular weight excluding hydrogens is 179 g/mol. The van der Waals surface area contributed by atoms with E-state index < -0.39 is 18.6 Å². The molecule has 0 aliphatic rings. The van der Waals surface area contributed by atoms with Crippen LogP contribution in [0.3, 0.4) is 0 Å². The Morgan fingerprint density at radius 1 is 1.00 bits per heavy atom. The lowest BCUT2D eigenvalue weighted by atomic mass is 10.0. The fourth-order valence-electron chi connectivity index (χ4n) is 1.02. The molecule has 0 saturated carbocycles. The Bertz CT molecular complexity index is 250. The van der Waals surface area contributed by atoms with Crippen LogP contribution in [0.5, 0.6) is 0 Å². The average molecular weight is 189 g/mol. The average Bonchev–Trinajstić information content (AvgIpc) is 2.17. The lowest BCUT2D eigenvalue weighted by molar-refractivity contribution is 0.0355. The highest BCUT2D eigenvalue weighted by Crippen LogP contribution is 2.21. The molecule has 1 rings (SSSR count). The van der Waals surface area contributed by atoms with E-state index in [0.717, 1.165) is 0 Å². The van der Waals surface area contributed by atoms with E-state index in [-0.39, 0.29) is 0 Å². The van der Waals surface area contributed by atoms with Crippen LogP contribution in [0.15, 0.2) is 30.3 Å². The summed E-state index contributed by atoms with van der Waals surface area (Å²) < 4.78 is 36.5. The first kappa shape index (κ1) is 10.1. The lowest BCUT2D eigenvalue weighted by Crippen LogP contribution is -2.28. The van der Waals surface area contributed by atoms with Gasteiger partial charge in [0.05, 0.1) is 6.04 Å². The van der Waals surface area contributed by atoms with Crippen LogP contribution in [-0.4, -0.2) is 12.6 Å². The molecule has 2 N–H and O–H groups in total. The summed E-state index contributed by atoms with van der Waals surface area (Å²) in [5, 5.41) is 0. The SMILES string of the molecule is NC(c1ccccc1)C(F)C(F)F. The van der Waals surface area contributed by atoms with Crippen molar-refractivity contribution in [2.45, 2.75) is 18.6 Å². The van der Waals surface area contributed by atoms with Crippen LogP contribution in [-0.2, 0) is 0 Å². The van der Waals surface area contributed by atoms with Gasteiger partial charge in [-0.1, -0.05) is 30.3 Å². The summed E-state index contributed by atoms with van der Waals surface area (Å²) in [4.78, 5) is 0. The van der Waals surface area contributed by atoms with E-state index in [1.807, 2.05) is 0 Å². The van der Waals surface area contributed by atoms with Crippen molar-refractivity contribution >= 4 is 0 Å². The zero-order chi connectivity index (χ0) is 9.84. The van der Waals surface area contributed by atoms with Crippen molar-refractivity contribution in [3.05, 3.63) is 35.9 Å². The number of nitrogens with two attached hydrogens (primary N) is 1. The smallest absolute Gasteiger partial charge is 0.271 e. The minimum absolute atomic E-state index is 0.385. The van der Waals surface area contributed by atoms with Crippen molar-refractivity contribution < 1.29 is 13.2 Å². The van der Waals surface area contributed by atoms with Crippen molar-refractivity contribution in [2.75, 3.05) is 0 Å². The van der Waals surface area contributed by atoms with Crippen molar-refractivity contribution in [1.82, 2.24) is 0 Å². The molecule has 0 saturated heterocycles. The molecule has 0 bridgehead atoms. The molecule has 2 atom stereocenters. The highest BCUT2D eigenvalue weighted by Gasteiger charge is 2.27. The number of rotatable bonds is 3. The third-order valence-corrected chi connectivity index (χ3v) is 1.77. The fraction of sp³-hybridized carbons (Fsp3) is 0.333. The van der Waals surface area contributed by atoms with E-state index in [4.69, 9.17) is 5.73 Å². The second kappa shape index (κ2) is 4.28. The van der Waals surface area contributed by atoms with E-state index in [2.05, 4.69) is 0 Å². The molecule has 0 fully saturated rings. The van der Waals surface area contributed by atoms with Crippen LogP contribution in [0, 0.1) is 0 Å². The Morgan fingerprint density at radius 2 is 1.54 bits per heavy atom. The van der Waals surface area contributed by atoms with Crippen LogP contribution >= 0.6 is 0 Å². The van der Waals surface area contributed by atoms with E-state index >= 15 is 0 Å². The van der Waals surface area contributed by atoms with E-state index in [1.54, 1.807) is 18.2 Å². The van der Waals surface area contributed by atoms with Gasteiger partial charge in [0, 0.05) is 0 Å². The molecule has 1 aromatic carbocycles. The Labute approximate surface area is 74.4 Å². The summed E-state index contributed by atoms with van der Waals surface area (Å²) in [5.41, 5.74) is 5.67. The Morgan fingerprint density at radius 3 is 2.00 bits per heavy atom. The monoisotopic (exact) mass is 189 g/mol. The maximum atomic E-state index is 12.7. The predicted molar refractivity (Wildman–Crippen MR) is 44.3 cm³/mol. The van der Waals surface area contributed by atoms with Gasteiger partial charge in [0.25, 0.3) is 6.43 Å². The number of halogens is 3. The number of alkyl halides is 3. The van der Waals surface area contributed by atoms with Gasteiger partial charge in [-0.15, -0.1) is 0 Å². The largest absolute Gasteiger partial charge is 0.321 e. The molecule has 1 aromatic rings. The topological polar surface area (TPSA) is 26.0 Å². The van der Waals surface area contributed by atoms with E-state index in [0.29, 0.717) is 5.56 Å². The normalized spacial score (nSPS) is 15.8. The first-order valence-electron chi connectivity index (χ1n) is 3.85. The quantitative estimate of drug-likeness (QED) is 0.775. The summed E-state index contributed by atoms with van der Waals surface area (Å²) >= 11 is 0. The highest BCUT2D eigenvalue weighted by atomic mass is 19.3. The molecule has 4 heteroatoms. The zero-order valence-electron chi connectivity index (χ0n) is 6.83. The maximum Gasteiger partial charge on any atom is 0.271 e. The van der Waals surface area contributed by atoms with Crippen LogP contribution in [0.25, 0.3) is 0 Å². The van der Waals surface area contributed by atoms with Crippen molar-refractivity contribution in [2.24, 2.45) is 5.73 Å². The Balaban J connectivity index is 2.73. The maximum absolute atomic E-state index is 12.7. The molecule has 0 radical (unpaired) electrons. The predicted octanol–water partition coefficient (Wildman–Crippen LogP) is 2.29. The molecule has 0 aliphatic carbocycles. The van der Waals surface area contributed by atoms with Crippen molar-refractivity contribution in [3.63, 3.8) is 0 Å². The summed E-state index contributed by atoms with van der Waals surface area (Å²) in [5.74, 6) is 0. The number of hydrogen-bond acceptors (Lipinski definition) is 1. The van der Waals surface area contributed by atoms with Gasteiger partial charge < -0.3 is 5.73 Å². The van der Waals surface area contributed by atoms with Gasteiger partial charge in [0.2, 0.25) is 0 Å². The highest BCUT2D eigenvalue weighted by molar-refractivity contribution is 5.19. The summed E-state index contributed by atoms with van der Waals surface area (Å²) in [6.07, 6.45) is -5.34. The number of benzene rings is 1. The molecule has 0 aliphatic heterocycles. The fourth-order valence-corrected chi connectivity index (χ4v) is 1.02. The van der Waals surface area contributed by atoms with Gasteiger partial charge in [0.1, 0.15) is 0 Å². The second-order valence-corrected chi connectivity index (χ2v) is 2.72. The van der Waals surface area contributed by atoms with Gasteiger partial charge in [-0.3, -0.25) is 0 Å². The van der Waals surface area contributed by atoms with Gasteiger partial charge in [-0.25, -0.2) is 13.2 Å². The van der Waals surface area contributed by atoms with Crippen LogP contribution < -0.4 is 5.73 Å². The summed E-state index contributed by atoms with van der Waals surface area (Å²) in [6.45, 7) is 0. The second-order valence-electron chi connectivity index (χ2n) is 2.72. The van der Waals surface area contributed by atoms with Crippen molar-refractivity contribution in [3.8, 4) is 0 Å². The Hall–Kier alpha value is -1.03. The zero-order valence-corrected chi connectivity index (χ0v) is 6.83. The van der Waals surface area contributed by atoms with Gasteiger partial charge in [-0.05, 0) is 5.56 Å². The van der Waals surface area contributed by atoms with Gasteiger partial charge in [0.15, 0.2) is 6.17 Å². The van der Waals surface area contributed by atoms with Gasteiger partial charge in [-0.2, -0.15) is 0 Å². The minimum atomic E-state index is -3.03. The van der Waals surface area contributed by atoms with Crippen molar-refractivity contribution in [1.29, 1.82) is 0 Å². The minimum Gasteiger partial charge on any atom is -0.321 e. The van der Waals surface area contributed by atoms with E-state index in [1.165, 1.54) is 12.1 Å². The first-order chi connectivity index (χ1) is 6.13. The summed E-state index contributed by atoms with van der Waals surface area (Å²) in [7, 11) is 0. The van der Waals surface area contributed by atoms with Crippen LogP contribution in [0.4, 0.5) is 13.2 Å².